The third-order valence-corrected chi connectivity index (χ3v) is 5.65. The first-order valence-electron chi connectivity index (χ1n) is 9.97. The number of rotatable bonds is 4. The van der Waals surface area contributed by atoms with Crippen LogP contribution in [0.25, 0.3) is 32.9 Å². The van der Waals surface area contributed by atoms with E-state index in [0.717, 1.165) is 34.2 Å². The molecule has 0 bridgehead atoms. The molecule has 0 aliphatic carbocycles. The van der Waals surface area contributed by atoms with Crippen molar-refractivity contribution < 1.29 is 18.0 Å². The summed E-state index contributed by atoms with van der Waals surface area (Å²) < 4.78 is 43.1. The van der Waals surface area contributed by atoms with Gasteiger partial charge in [-0.05, 0) is 47.0 Å². The molecule has 0 saturated carbocycles. The second kappa shape index (κ2) is 7.57. The van der Waals surface area contributed by atoms with E-state index >= 15 is 0 Å². The van der Waals surface area contributed by atoms with E-state index in [4.69, 9.17) is 5.73 Å². The summed E-state index contributed by atoms with van der Waals surface area (Å²) in [5.41, 5.74) is 9.63. The molecule has 2 N–H and O–H groups in total. The molecule has 32 heavy (non-hydrogen) atoms. The van der Waals surface area contributed by atoms with Crippen molar-refractivity contribution >= 4 is 27.7 Å². The number of aromatic nitrogens is 1. The molecule has 0 aliphatic heterocycles. The molecule has 0 spiro atoms. The molecule has 158 valence electrons. The van der Waals surface area contributed by atoms with Crippen molar-refractivity contribution in [3.05, 3.63) is 107 Å². The summed E-state index contributed by atoms with van der Waals surface area (Å²) in [6, 6.07) is 22.7. The van der Waals surface area contributed by atoms with Gasteiger partial charge in [0.15, 0.2) is 17.5 Å². The molecular formula is C26H17F3N2O. The molecule has 0 unspecified atom stereocenters. The van der Waals surface area contributed by atoms with Crippen LogP contribution in [0.3, 0.4) is 0 Å². The van der Waals surface area contributed by atoms with Crippen molar-refractivity contribution in [3.8, 4) is 11.1 Å². The quantitative estimate of drug-likeness (QED) is 0.348. The van der Waals surface area contributed by atoms with Crippen LogP contribution in [-0.2, 0) is 6.54 Å². The number of carbonyl (C=O) groups is 1. The van der Waals surface area contributed by atoms with Crippen molar-refractivity contribution in [2.45, 2.75) is 6.54 Å². The van der Waals surface area contributed by atoms with Crippen LogP contribution >= 0.6 is 0 Å². The van der Waals surface area contributed by atoms with Crippen LogP contribution in [0.5, 0.6) is 0 Å². The molecule has 6 heteroatoms. The summed E-state index contributed by atoms with van der Waals surface area (Å²) in [4.78, 5) is 12.1. The molecule has 0 saturated heterocycles. The van der Waals surface area contributed by atoms with E-state index in [-0.39, 0.29) is 12.1 Å². The lowest BCUT2D eigenvalue weighted by Crippen LogP contribution is -2.11. The van der Waals surface area contributed by atoms with Crippen molar-refractivity contribution in [1.29, 1.82) is 0 Å². The smallest absolute Gasteiger partial charge is 0.249 e. The van der Waals surface area contributed by atoms with E-state index in [9.17, 15) is 18.0 Å². The van der Waals surface area contributed by atoms with Crippen LogP contribution in [0, 0.1) is 17.5 Å². The fourth-order valence-corrected chi connectivity index (χ4v) is 4.21. The topological polar surface area (TPSA) is 48.0 Å². The van der Waals surface area contributed by atoms with Crippen molar-refractivity contribution in [2.75, 3.05) is 0 Å². The Hall–Kier alpha value is -4.06. The van der Waals surface area contributed by atoms with Crippen LogP contribution < -0.4 is 5.73 Å². The Bertz CT molecular complexity index is 1480. The monoisotopic (exact) mass is 430 g/mol. The molecule has 1 amide bonds. The lowest BCUT2D eigenvalue weighted by molar-refractivity contribution is 0.100. The Labute approximate surface area is 181 Å². The first kappa shape index (κ1) is 19.9. The summed E-state index contributed by atoms with van der Waals surface area (Å²) in [6.45, 7) is 0.0780. The molecule has 1 aromatic heterocycles. The number of carbonyl (C=O) groups excluding carboxylic acids is 1. The van der Waals surface area contributed by atoms with Crippen LogP contribution in [0.2, 0.25) is 0 Å². The van der Waals surface area contributed by atoms with Crippen LogP contribution in [0.1, 0.15) is 15.9 Å². The number of primary amides is 1. The van der Waals surface area contributed by atoms with Crippen LogP contribution in [0.15, 0.2) is 78.9 Å². The normalized spacial score (nSPS) is 11.3. The number of fused-ring (bicyclic) bond motifs is 3. The van der Waals surface area contributed by atoms with E-state index < -0.39 is 23.4 Å². The van der Waals surface area contributed by atoms with E-state index in [2.05, 4.69) is 0 Å². The first-order valence-corrected chi connectivity index (χ1v) is 9.97. The minimum Gasteiger partial charge on any atom is -0.366 e. The largest absolute Gasteiger partial charge is 0.366 e. The van der Waals surface area contributed by atoms with Gasteiger partial charge in [0.05, 0.1) is 11.0 Å². The highest BCUT2D eigenvalue weighted by Crippen LogP contribution is 2.35. The minimum absolute atomic E-state index is 0.0780. The van der Waals surface area contributed by atoms with Gasteiger partial charge in [-0.25, -0.2) is 13.2 Å². The van der Waals surface area contributed by atoms with Gasteiger partial charge in [-0.1, -0.05) is 48.5 Å². The fourth-order valence-electron chi connectivity index (χ4n) is 4.21. The third-order valence-electron chi connectivity index (χ3n) is 5.65. The van der Waals surface area contributed by atoms with E-state index in [1.54, 1.807) is 12.1 Å². The highest BCUT2D eigenvalue weighted by molar-refractivity contribution is 6.18. The molecular weight excluding hydrogens is 413 g/mol. The zero-order chi connectivity index (χ0) is 22.4. The predicted octanol–water partition coefficient (Wildman–Crippen LogP) is 6.03. The molecule has 5 aromatic rings. The number of halogens is 3. The summed E-state index contributed by atoms with van der Waals surface area (Å²) in [6.07, 6.45) is 0. The maximum absolute atomic E-state index is 13.9. The van der Waals surface area contributed by atoms with Crippen molar-refractivity contribution in [3.63, 3.8) is 0 Å². The maximum Gasteiger partial charge on any atom is 0.249 e. The summed E-state index contributed by atoms with van der Waals surface area (Å²) >= 11 is 0. The second-order valence-corrected chi connectivity index (χ2v) is 7.62. The van der Waals surface area contributed by atoms with Gasteiger partial charge in [-0.15, -0.1) is 0 Å². The molecule has 1 heterocycles. The minimum atomic E-state index is -1.50. The van der Waals surface area contributed by atoms with Gasteiger partial charge >= 0.3 is 0 Å². The van der Waals surface area contributed by atoms with Gasteiger partial charge in [0, 0.05) is 22.9 Å². The molecule has 0 aliphatic rings. The summed E-state index contributed by atoms with van der Waals surface area (Å²) in [5, 5.41) is 1.45. The number of benzene rings is 4. The average Bonchev–Trinajstić information content (AvgIpc) is 3.11. The average molecular weight is 430 g/mol. The molecule has 3 nitrogen and oxygen atoms in total. The van der Waals surface area contributed by atoms with Crippen LogP contribution in [-0.4, -0.2) is 10.5 Å². The lowest BCUT2D eigenvalue weighted by atomic mass is 10.0. The number of hydrogen-bond donors (Lipinski definition) is 1. The predicted molar refractivity (Wildman–Crippen MR) is 119 cm³/mol. The molecule has 0 fully saturated rings. The first-order chi connectivity index (χ1) is 15.4. The van der Waals surface area contributed by atoms with Crippen molar-refractivity contribution in [2.24, 2.45) is 5.73 Å². The van der Waals surface area contributed by atoms with Gasteiger partial charge in [0.1, 0.15) is 0 Å². The Kier molecular flexibility index (Phi) is 4.70. The Morgan fingerprint density at radius 1 is 0.781 bits per heavy atom. The summed E-state index contributed by atoms with van der Waals surface area (Å²) in [7, 11) is 0. The van der Waals surface area contributed by atoms with Crippen molar-refractivity contribution in [1.82, 2.24) is 4.57 Å². The zero-order valence-electron chi connectivity index (χ0n) is 16.8. The lowest BCUT2D eigenvalue weighted by Gasteiger charge is -2.10. The van der Waals surface area contributed by atoms with Gasteiger partial charge < -0.3 is 10.3 Å². The number of nitrogens with zero attached hydrogens (tertiary/aromatic N) is 1. The van der Waals surface area contributed by atoms with E-state index in [1.807, 2.05) is 59.2 Å². The zero-order valence-corrected chi connectivity index (χ0v) is 16.8. The maximum atomic E-state index is 13.9. The van der Waals surface area contributed by atoms with Gasteiger partial charge in [0.2, 0.25) is 5.91 Å². The second-order valence-electron chi connectivity index (χ2n) is 7.62. The molecule has 5 rings (SSSR count). The third kappa shape index (κ3) is 3.21. The Morgan fingerprint density at radius 3 is 2.19 bits per heavy atom. The number of hydrogen-bond acceptors (Lipinski definition) is 1. The Morgan fingerprint density at radius 2 is 1.50 bits per heavy atom. The molecule has 4 aromatic carbocycles. The molecule has 0 atom stereocenters. The van der Waals surface area contributed by atoms with Gasteiger partial charge in [-0.3, -0.25) is 4.79 Å². The number of nitrogens with two attached hydrogens (primary N) is 1. The SMILES string of the molecule is NC(=O)c1cccc2c1c1ccc(-c3ccccc3)cc1n2Cc1cc(F)c(F)c(F)c1. The fraction of sp³-hybridized carbons (Fsp3) is 0.0385. The van der Waals surface area contributed by atoms with E-state index in [0.29, 0.717) is 16.5 Å². The van der Waals surface area contributed by atoms with Gasteiger partial charge in [-0.2, -0.15) is 0 Å². The Balaban J connectivity index is 1.80. The standard InChI is InChI=1S/C26H17F3N2O/c27-20-11-15(12-21(28)25(20)29)14-31-22-8-4-7-19(26(30)32)24(22)18-10-9-17(13-23(18)31)16-5-2-1-3-6-16/h1-13H,14H2,(H2,30,32). The summed E-state index contributed by atoms with van der Waals surface area (Å²) in [5.74, 6) is -4.56. The van der Waals surface area contributed by atoms with E-state index in [1.165, 1.54) is 0 Å². The highest BCUT2D eigenvalue weighted by atomic mass is 19.2. The molecule has 0 radical (unpaired) electrons. The number of amides is 1. The highest BCUT2D eigenvalue weighted by Gasteiger charge is 2.18. The van der Waals surface area contributed by atoms with Gasteiger partial charge in [0.25, 0.3) is 0 Å². The van der Waals surface area contributed by atoms with Crippen LogP contribution in [0.4, 0.5) is 13.2 Å².